The molecule has 0 heterocycles. The average Bonchev–Trinajstić information content (AvgIpc) is 3.27. The molecule has 0 amide bonds. The predicted octanol–water partition coefficient (Wildman–Crippen LogP) is 16.1. The lowest BCUT2D eigenvalue weighted by molar-refractivity contribution is -0.167. The van der Waals surface area contributed by atoms with Crippen molar-refractivity contribution in [3.8, 4) is 0 Å². The molecule has 1 unspecified atom stereocenters. The number of rotatable bonds is 42. The Labute approximate surface area is 380 Å². The van der Waals surface area contributed by atoms with Crippen LogP contribution in [0.4, 0.5) is 0 Å². The molecular weight excluding hydrogens is 769 g/mol. The van der Waals surface area contributed by atoms with Gasteiger partial charge >= 0.3 is 17.9 Å². The van der Waals surface area contributed by atoms with Crippen LogP contribution in [0.5, 0.6) is 0 Å². The number of esters is 3. The molecule has 0 aromatic carbocycles. The first-order chi connectivity index (χ1) is 30.5. The van der Waals surface area contributed by atoms with Crippen molar-refractivity contribution >= 4 is 17.9 Å². The molecule has 0 fully saturated rings. The lowest BCUT2D eigenvalue weighted by atomic mass is 10.1. The van der Waals surface area contributed by atoms with Crippen molar-refractivity contribution in [1.29, 1.82) is 0 Å². The Hall–Kier alpha value is -4.19. The van der Waals surface area contributed by atoms with Crippen molar-refractivity contribution in [2.45, 2.75) is 200 Å². The number of carbonyl (C=O) groups is 3. The van der Waals surface area contributed by atoms with Crippen LogP contribution in [0, 0.1) is 0 Å². The first-order valence-corrected chi connectivity index (χ1v) is 24.6. The van der Waals surface area contributed by atoms with Gasteiger partial charge in [0.2, 0.25) is 0 Å². The van der Waals surface area contributed by atoms with E-state index >= 15 is 0 Å². The van der Waals surface area contributed by atoms with Crippen LogP contribution >= 0.6 is 0 Å². The Balaban J connectivity index is 4.54. The van der Waals surface area contributed by atoms with Crippen LogP contribution < -0.4 is 0 Å². The molecule has 6 heteroatoms. The molecule has 1 atom stereocenters. The quantitative estimate of drug-likeness (QED) is 0.0200. The summed E-state index contributed by atoms with van der Waals surface area (Å²) in [5.41, 5.74) is 0. The molecule has 0 aromatic rings. The van der Waals surface area contributed by atoms with Crippen molar-refractivity contribution in [1.82, 2.24) is 0 Å². The summed E-state index contributed by atoms with van der Waals surface area (Å²) in [6, 6.07) is 0. The van der Waals surface area contributed by atoms with Gasteiger partial charge in [-0.3, -0.25) is 14.4 Å². The topological polar surface area (TPSA) is 78.9 Å². The van der Waals surface area contributed by atoms with Gasteiger partial charge in [-0.15, -0.1) is 0 Å². The molecule has 0 radical (unpaired) electrons. The van der Waals surface area contributed by atoms with E-state index in [1.165, 1.54) is 25.7 Å². The second-order valence-electron chi connectivity index (χ2n) is 15.6. The molecular formula is C56H88O6. The maximum atomic E-state index is 12.8. The fourth-order valence-corrected chi connectivity index (χ4v) is 6.16. The molecule has 0 aliphatic carbocycles. The van der Waals surface area contributed by atoms with Crippen LogP contribution in [-0.2, 0) is 28.6 Å². The zero-order chi connectivity index (χ0) is 45.1. The van der Waals surface area contributed by atoms with Gasteiger partial charge in [-0.25, -0.2) is 0 Å². The van der Waals surface area contributed by atoms with Gasteiger partial charge < -0.3 is 14.2 Å². The minimum Gasteiger partial charge on any atom is -0.462 e. The Morgan fingerprint density at radius 2 is 0.677 bits per heavy atom. The monoisotopic (exact) mass is 857 g/mol. The van der Waals surface area contributed by atoms with Crippen molar-refractivity contribution in [2.24, 2.45) is 0 Å². The summed E-state index contributed by atoms with van der Waals surface area (Å²) in [7, 11) is 0. The molecule has 0 N–H and O–H groups in total. The first-order valence-electron chi connectivity index (χ1n) is 24.6. The van der Waals surface area contributed by atoms with Gasteiger partial charge in [0, 0.05) is 19.3 Å². The van der Waals surface area contributed by atoms with Crippen molar-refractivity contribution < 1.29 is 28.6 Å². The predicted molar refractivity (Wildman–Crippen MR) is 265 cm³/mol. The summed E-state index contributed by atoms with van der Waals surface area (Å²) in [5.74, 6) is -1.01. The lowest BCUT2D eigenvalue weighted by Gasteiger charge is -2.18. The van der Waals surface area contributed by atoms with E-state index in [4.69, 9.17) is 14.2 Å². The second-order valence-corrected chi connectivity index (χ2v) is 15.6. The van der Waals surface area contributed by atoms with Gasteiger partial charge in [0.25, 0.3) is 0 Å². The highest BCUT2D eigenvalue weighted by Gasteiger charge is 2.19. The fraction of sp³-hybridized carbons (Fsp3) is 0.589. The third-order valence-electron chi connectivity index (χ3n) is 9.75. The van der Waals surface area contributed by atoms with E-state index in [0.29, 0.717) is 19.3 Å². The summed E-state index contributed by atoms with van der Waals surface area (Å²) < 4.78 is 16.7. The van der Waals surface area contributed by atoms with E-state index in [1.54, 1.807) is 0 Å². The number of ether oxygens (including phenoxy) is 3. The number of hydrogen-bond donors (Lipinski definition) is 0. The van der Waals surface area contributed by atoms with Gasteiger partial charge in [0.15, 0.2) is 6.10 Å². The SMILES string of the molecule is CC\C=C/C=C\C=C/CCCCCCCC(=O)OCC(COC(=O)CCC/C=C\C/C=C\C/C=C\C/C=C\C/C=C\CC)OC(=O)CCCCCCCCC/C=C\C/C=C\CC. The second kappa shape index (κ2) is 49.5. The van der Waals surface area contributed by atoms with Gasteiger partial charge in [-0.05, 0) is 103 Å². The molecule has 0 rings (SSSR count). The van der Waals surface area contributed by atoms with Gasteiger partial charge in [0.1, 0.15) is 13.2 Å². The van der Waals surface area contributed by atoms with Gasteiger partial charge in [-0.2, -0.15) is 0 Å². The molecule has 0 saturated carbocycles. The van der Waals surface area contributed by atoms with E-state index in [2.05, 4.69) is 136 Å². The van der Waals surface area contributed by atoms with Gasteiger partial charge in [-0.1, -0.05) is 194 Å². The van der Waals surface area contributed by atoms with E-state index in [9.17, 15) is 14.4 Å². The largest absolute Gasteiger partial charge is 0.462 e. The Kier molecular flexibility index (Phi) is 46.1. The molecule has 6 nitrogen and oxygen atoms in total. The summed E-state index contributed by atoms with van der Waals surface area (Å²) >= 11 is 0. The van der Waals surface area contributed by atoms with E-state index in [0.717, 1.165) is 122 Å². The minimum absolute atomic E-state index is 0.114. The number of allylic oxidation sites excluding steroid dienone is 20. The normalized spacial score (nSPS) is 13.1. The molecule has 0 aliphatic rings. The highest BCUT2D eigenvalue weighted by atomic mass is 16.6. The van der Waals surface area contributed by atoms with Crippen LogP contribution in [0.1, 0.15) is 194 Å². The highest BCUT2D eigenvalue weighted by molar-refractivity contribution is 5.71. The van der Waals surface area contributed by atoms with Crippen molar-refractivity contribution in [2.75, 3.05) is 13.2 Å². The van der Waals surface area contributed by atoms with Crippen LogP contribution in [0.15, 0.2) is 122 Å². The molecule has 0 saturated heterocycles. The molecule has 0 aromatic heterocycles. The summed E-state index contributed by atoms with van der Waals surface area (Å²) in [6.07, 6.45) is 67.6. The van der Waals surface area contributed by atoms with E-state index < -0.39 is 6.10 Å². The molecule has 0 aliphatic heterocycles. The van der Waals surface area contributed by atoms with Crippen LogP contribution in [-0.4, -0.2) is 37.2 Å². The summed E-state index contributed by atoms with van der Waals surface area (Å²) in [6.45, 7) is 6.19. The van der Waals surface area contributed by atoms with Gasteiger partial charge in [0.05, 0.1) is 0 Å². The zero-order valence-electron chi connectivity index (χ0n) is 39.6. The highest BCUT2D eigenvalue weighted by Crippen LogP contribution is 2.13. The number of unbranched alkanes of at least 4 members (excludes halogenated alkanes) is 13. The zero-order valence-corrected chi connectivity index (χ0v) is 39.6. The fourth-order valence-electron chi connectivity index (χ4n) is 6.16. The number of carbonyl (C=O) groups excluding carboxylic acids is 3. The van der Waals surface area contributed by atoms with Crippen LogP contribution in [0.2, 0.25) is 0 Å². The number of hydrogen-bond acceptors (Lipinski definition) is 6. The molecule has 348 valence electrons. The third kappa shape index (κ3) is 46.9. The van der Waals surface area contributed by atoms with Crippen molar-refractivity contribution in [3.05, 3.63) is 122 Å². The lowest BCUT2D eigenvalue weighted by Crippen LogP contribution is -2.30. The molecule has 62 heavy (non-hydrogen) atoms. The van der Waals surface area contributed by atoms with Crippen LogP contribution in [0.3, 0.4) is 0 Å². The third-order valence-corrected chi connectivity index (χ3v) is 9.75. The summed E-state index contributed by atoms with van der Waals surface area (Å²) in [5, 5.41) is 0. The molecule has 0 bridgehead atoms. The van der Waals surface area contributed by atoms with E-state index in [-0.39, 0.29) is 37.5 Å². The smallest absolute Gasteiger partial charge is 0.306 e. The Bertz CT molecular complexity index is 1350. The Morgan fingerprint density at radius 3 is 1.15 bits per heavy atom. The molecule has 0 spiro atoms. The summed E-state index contributed by atoms with van der Waals surface area (Å²) in [4.78, 5) is 37.9. The maximum absolute atomic E-state index is 12.8. The standard InChI is InChI=1S/C56H88O6/c1-4-7-10-13-16-19-22-25-27-28-29-32-34-37-40-43-46-49-55(58)61-52-53(51-60-54(57)48-45-42-39-36-33-30-24-21-18-15-12-9-6-3)62-56(59)50-47-44-41-38-35-31-26-23-20-17-14-11-8-5-2/h7-12,15-21,24-25,27,29,32,37,40,53H,4-6,13-14,22-23,26,28,30-31,33-36,38-39,41-52H2,1-3H3/b10-7-,11-8-,12-9-,18-15-,19-16-,20-17-,24-21-,27-25-,32-29-,40-37-. The van der Waals surface area contributed by atoms with Crippen LogP contribution in [0.25, 0.3) is 0 Å². The maximum Gasteiger partial charge on any atom is 0.306 e. The first kappa shape index (κ1) is 57.8. The van der Waals surface area contributed by atoms with Crippen molar-refractivity contribution in [3.63, 3.8) is 0 Å². The minimum atomic E-state index is -0.816. The van der Waals surface area contributed by atoms with E-state index in [1.807, 2.05) is 6.08 Å². The average molecular weight is 857 g/mol. The Morgan fingerprint density at radius 1 is 0.339 bits per heavy atom.